The maximum atomic E-state index is 12.7. The first-order valence-electron chi connectivity index (χ1n) is 4.01. The lowest BCUT2D eigenvalue weighted by atomic mass is 10.0. The maximum absolute atomic E-state index is 12.7. The average molecular weight is 277 g/mol. The third-order valence-electron chi connectivity index (χ3n) is 1.93. The number of pyridine rings is 1. The van der Waals surface area contributed by atoms with Gasteiger partial charge in [-0.3, -0.25) is 0 Å². The molecule has 1 heterocycles. The van der Waals surface area contributed by atoms with Crippen LogP contribution in [0.4, 0.5) is 8.78 Å². The van der Waals surface area contributed by atoms with Crippen LogP contribution < -0.4 is 0 Å². The average Bonchev–Trinajstić information content (AvgIpc) is 2.26. The van der Waals surface area contributed by atoms with Gasteiger partial charge in [-0.15, -0.1) is 0 Å². The summed E-state index contributed by atoms with van der Waals surface area (Å²) in [5.41, 5.74) is -0.268. The third-order valence-corrected chi connectivity index (χ3v) is 2.54. The predicted octanol–water partition coefficient (Wildman–Crippen LogP) is 2.28. The molecule has 0 atom stereocenters. The topological polar surface area (TPSA) is 56.9 Å². The van der Waals surface area contributed by atoms with Crippen LogP contribution in [0.25, 0.3) is 0 Å². The number of alkyl halides is 3. The van der Waals surface area contributed by atoms with Gasteiger partial charge in [0.05, 0.1) is 6.61 Å². The Hall–Kier alpha value is -1.06. The van der Waals surface area contributed by atoms with Gasteiger partial charge in [-0.25, -0.2) is 13.8 Å². The number of aromatic nitrogens is 1. The second-order valence-electron chi connectivity index (χ2n) is 2.73. The fourth-order valence-corrected chi connectivity index (χ4v) is 1.69. The molecule has 0 aliphatic rings. The van der Waals surface area contributed by atoms with E-state index in [2.05, 4.69) is 20.9 Å². The molecular formula is C9H7BrF2N2O. The van der Waals surface area contributed by atoms with E-state index < -0.39 is 13.0 Å². The highest BCUT2D eigenvalue weighted by atomic mass is 79.9. The van der Waals surface area contributed by atoms with Crippen LogP contribution in [0.5, 0.6) is 0 Å². The molecule has 0 amide bonds. The summed E-state index contributed by atoms with van der Waals surface area (Å²) >= 11 is 3.05. The summed E-state index contributed by atoms with van der Waals surface area (Å²) in [5, 5.41) is 17.8. The molecule has 1 aromatic heterocycles. The molecule has 6 heteroatoms. The number of nitriles is 1. The SMILES string of the molecule is N#Cc1ncc(CBr)c(C(F)F)c1CO. The summed E-state index contributed by atoms with van der Waals surface area (Å²) in [4.78, 5) is 3.70. The van der Waals surface area contributed by atoms with Crippen molar-refractivity contribution in [2.75, 3.05) is 0 Å². The van der Waals surface area contributed by atoms with Gasteiger partial charge in [0.2, 0.25) is 0 Å². The third kappa shape index (κ3) is 2.30. The summed E-state index contributed by atoms with van der Waals surface area (Å²) in [6, 6.07) is 1.67. The van der Waals surface area contributed by atoms with Gasteiger partial charge in [0.15, 0.2) is 0 Å². The number of aliphatic hydroxyl groups is 1. The van der Waals surface area contributed by atoms with Gasteiger partial charge in [-0.2, -0.15) is 5.26 Å². The summed E-state index contributed by atoms with van der Waals surface area (Å²) in [6.45, 7) is -0.615. The van der Waals surface area contributed by atoms with Crippen molar-refractivity contribution >= 4 is 15.9 Å². The molecule has 1 N–H and O–H groups in total. The Morgan fingerprint density at radius 2 is 2.27 bits per heavy atom. The van der Waals surface area contributed by atoms with E-state index in [1.807, 2.05) is 0 Å². The lowest BCUT2D eigenvalue weighted by Crippen LogP contribution is -2.05. The molecule has 0 saturated heterocycles. The van der Waals surface area contributed by atoms with Crippen LogP contribution in [0.15, 0.2) is 6.20 Å². The van der Waals surface area contributed by atoms with Crippen molar-refractivity contribution in [3.8, 4) is 6.07 Å². The molecule has 0 aromatic carbocycles. The molecule has 15 heavy (non-hydrogen) atoms. The molecule has 0 radical (unpaired) electrons. The highest BCUT2D eigenvalue weighted by Crippen LogP contribution is 2.29. The minimum absolute atomic E-state index is 0.0931. The van der Waals surface area contributed by atoms with Gasteiger partial charge < -0.3 is 5.11 Å². The molecule has 0 unspecified atom stereocenters. The minimum atomic E-state index is -2.73. The van der Waals surface area contributed by atoms with Crippen LogP contribution in [-0.4, -0.2) is 10.1 Å². The molecule has 0 aliphatic heterocycles. The number of hydrogen-bond acceptors (Lipinski definition) is 3. The zero-order valence-corrected chi connectivity index (χ0v) is 9.13. The van der Waals surface area contributed by atoms with Crippen molar-refractivity contribution in [1.82, 2.24) is 4.98 Å². The van der Waals surface area contributed by atoms with Crippen LogP contribution in [0.1, 0.15) is 28.8 Å². The summed E-state index contributed by atoms with van der Waals surface area (Å²) in [6.07, 6.45) is -1.51. The standard InChI is InChI=1S/C9H7BrF2N2O/c10-1-5-3-14-7(2-13)6(4-15)8(5)9(11)12/h3,9,15H,1,4H2. The number of halogens is 3. The van der Waals surface area contributed by atoms with E-state index in [9.17, 15) is 8.78 Å². The summed E-state index contributed by atoms with van der Waals surface area (Å²) in [7, 11) is 0. The van der Waals surface area contributed by atoms with Crippen LogP contribution in [0, 0.1) is 11.3 Å². The molecular weight excluding hydrogens is 270 g/mol. The summed E-state index contributed by atoms with van der Waals surface area (Å²) in [5.74, 6) is 0. The Labute approximate surface area is 93.5 Å². The van der Waals surface area contributed by atoms with E-state index in [4.69, 9.17) is 10.4 Å². The number of hydrogen-bond donors (Lipinski definition) is 1. The predicted molar refractivity (Wildman–Crippen MR) is 52.5 cm³/mol. The number of rotatable bonds is 3. The summed E-state index contributed by atoms with van der Waals surface area (Å²) < 4.78 is 25.4. The van der Waals surface area contributed by atoms with Gasteiger partial charge in [0, 0.05) is 22.7 Å². The van der Waals surface area contributed by atoms with E-state index in [1.165, 1.54) is 6.20 Å². The number of nitrogens with zero attached hydrogens (tertiary/aromatic N) is 2. The van der Waals surface area contributed by atoms with Crippen molar-refractivity contribution in [2.24, 2.45) is 0 Å². The monoisotopic (exact) mass is 276 g/mol. The molecule has 3 nitrogen and oxygen atoms in total. The van der Waals surface area contributed by atoms with E-state index in [1.54, 1.807) is 6.07 Å². The first kappa shape index (κ1) is 12.0. The van der Waals surface area contributed by atoms with Crippen LogP contribution in [0.3, 0.4) is 0 Å². The Kier molecular flexibility index (Phi) is 4.12. The van der Waals surface area contributed by atoms with Gasteiger partial charge in [0.25, 0.3) is 6.43 Å². The molecule has 0 saturated carbocycles. The zero-order chi connectivity index (χ0) is 11.4. The number of aliphatic hydroxyl groups excluding tert-OH is 1. The largest absolute Gasteiger partial charge is 0.392 e. The normalized spacial score (nSPS) is 10.4. The smallest absolute Gasteiger partial charge is 0.264 e. The first-order chi connectivity index (χ1) is 7.15. The Morgan fingerprint density at radius 1 is 1.60 bits per heavy atom. The molecule has 0 aliphatic carbocycles. The molecule has 0 bridgehead atoms. The van der Waals surface area contributed by atoms with E-state index in [0.717, 1.165) is 0 Å². The van der Waals surface area contributed by atoms with Gasteiger partial charge in [-0.05, 0) is 5.56 Å². The van der Waals surface area contributed by atoms with E-state index in [0.29, 0.717) is 0 Å². The van der Waals surface area contributed by atoms with Crippen LogP contribution >= 0.6 is 15.9 Å². The molecule has 0 fully saturated rings. The Morgan fingerprint density at radius 3 is 2.67 bits per heavy atom. The van der Waals surface area contributed by atoms with Crippen molar-refractivity contribution in [2.45, 2.75) is 18.4 Å². The van der Waals surface area contributed by atoms with E-state index in [-0.39, 0.29) is 27.7 Å². The fourth-order valence-electron chi connectivity index (χ4n) is 1.25. The van der Waals surface area contributed by atoms with Crippen LogP contribution in [-0.2, 0) is 11.9 Å². The Bertz CT molecular complexity index is 404. The van der Waals surface area contributed by atoms with Crippen molar-refractivity contribution < 1.29 is 13.9 Å². The maximum Gasteiger partial charge on any atom is 0.264 e. The quantitative estimate of drug-likeness (QED) is 0.862. The van der Waals surface area contributed by atoms with Crippen LogP contribution in [0.2, 0.25) is 0 Å². The second kappa shape index (κ2) is 5.14. The van der Waals surface area contributed by atoms with Crippen molar-refractivity contribution in [1.29, 1.82) is 5.26 Å². The second-order valence-corrected chi connectivity index (χ2v) is 3.29. The van der Waals surface area contributed by atoms with Gasteiger partial charge in [-0.1, -0.05) is 15.9 Å². The molecule has 80 valence electrons. The highest BCUT2D eigenvalue weighted by molar-refractivity contribution is 9.08. The minimum Gasteiger partial charge on any atom is -0.392 e. The Balaban J connectivity index is 3.46. The molecule has 0 spiro atoms. The zero-order valence-electron chi connectivity index (χ0n) is 7.54. The fraction of sp³-hybridized carbons (Fsp3) is 0.333. The lowest BCUT2D eigenvalue weighted by Gasteiger charge is -2.11. The molecule has 1 aromatic rings. The molecule has 1 rings (SSSR count). The van der Waals surface area contributed by atoms with Crippen molar-refractivity contribution in [3.05, 3.63) is 28.6 Å². The van der Waals surface area contributed by atoms with Crippen molar-refractivity contribution in [3.63, 3.8) is 0 Å². The first-order valence-corrected chi connectivity index (χ1v) is 5.13. The highest BCUT2D eigenvalue weighted by Gasteiger charge is 2.20. The lowest BCUT2D eigenvalue weighted by molar-refractivity contribution is 0.146. The van der Waals surface area contributed by atoms with E-state index >= 15 is 0 Å². The van der Waals surface area contributed by atoms with Gasteiger partial charge >= 0.3 is 0 Å². The van der Waals surface area contributed by atoms with Gasteiger partial charge in [0.1, 0.15) is 11.8 Å².